The van der Waals surface area contributed by atoms with Gasteiger partial charge in [0.05, 0.1) is 18.6 Å². The van der Waals surface area contributed by atoms with Gasteiger partial charge in [0.1, 0.15) is 6.04 Å². The zero-order chi connectivity index (χ0) is 15.7. The number of thiol groups is 1. The fraction of sp³-hybridized carbons (Fsp3) is 0.600. The first-order chi connectivity index (χ1) is 9.31. The van der Waals surface area contributed by atoms with E-state index < -0.39 is 42.3 Å². The van der Waals surface area contributed by atoms with Crippen molar-refractivity contribution in [3.63, 3.8) is 0 Å². The molecular formula is C10H15N3Na2O6S. The molecule has 0 spiro atoms. The quantitative estimate of drug-likeness (QED) is 0.236. The first kappa shape index (κ1) is 27.1. The Morgan fingerprint density at radius 3 is 1.95 bits per heavy atom. The van der Waals surface area contributed by atoms with E-state index in [0.717, 1.165) is 0 Å². The summed E-state index contributed by atoms with van der Waals surface area (Å²) in [5, 5.41) is 25.3. The molecule has 0 aliphatic heterocycles. The van der Waals surface area contributed by atoms with Crippen molar-refractivity contribution in [1.82, 2.24) is 10.6 Å². The van der Waals surface area contributed by atoms with Crippen LogP contribution >= 0.6 is 12.6 Å². The molecule has 12 heteroatoms. The van der Waals surface area contributed by atoms with E-state index in [1.807, 2.05) is 0 Å². The molecule has 0 unspecified atom stereocenters. The normalized spacial score (nSPS) is 11.9. The van der Waals surface area contributed by atoms with Crippen molar-refractivity contribution in [1.29, 1.82) is 0 Å². The van der Waals surface area contributed by atoms with Crippen molar-refractivity contribution < 1.29 is 88.5 Å². The molecule has 0 radical (unpaired) electrons. The number of hydrogen-bond acceptors (Lipinski definition) is 8. The van der Waals surface area contributed by atoms with Crippen LogP contribution in [0.2, 0.25) is 0 Å². The third-order valence-electron chi connectivity index (χ3n) is 2.26. The molecule has 114 valence electrons. The van der Waals surface area contributed by atoms with E-state index in [1.54, 1.807) is 0 Å². The van der Waals surface area contributed by atoms with Crippen molar-refractivity contribution in [3.05, 3.63) is 0 Å². The average molecular weight is 351 g/mol. The summed E-state index contributed by atoms with van der Waals surface area (Å²) in [6, 6.07) is -2.59. The van der Waals surface area contributed by atoms with E-state index in [-0.39, 0.29) is 77.8 Å². The molecule has 0 aromatic carbocycles. The molecule has 0 saturated heterocycles. The Hall–Kier alpha value is 0.190. The van der Waals surface area contributed by atoms with Crippen LogP contribution in [0.4, 0.5) is 0 Å². The van der Waals surface area contributed by atoms with Gasteiger partial charge < -0.3 is 36.2 Å². The topological polar surface area (TPSA) is 164 Å². The summed E-state index contributed by atoms with van der Waals surface area (Å²) in [5.41, 5.74) is 5.06. The van der Waals surface area contributed by atoms with Gasteiger partial charge in [0.15, 0.2) is 0 Å². The van der Waals surface area contributed by atoms with Gasteiger partial charge in [-0.1, -0.05) is 0 Å². The fourth-order valence-electron chi connectivity index (χ4n) is 1.23. The molecule has 2 atom stereocenters. The second-order valence-corrected chi connectivity index (χ2v) is 4.16. The van der Waals surface area contributed by atoms with Crippen LogP contribution in [0.5, 0.6) is 0 Å². The Kier molecular flexibility index (Phi) is 18.2. The molecule has 0 aromatic rings. The number of nitrogens with two attached hydrogens (primary N) is 1. The van der Waals surface area contributed by atoms with Gasteiger partial charge in [-0.2, -0.15) is 12.6 Å². The first-order valence-corrected chi connectivity index (χ1v) is 6.26. The zero-order valence-corrected chi connectivity index (χ0v) is 17.4. The maximum atomic E-state index is 11.7. The number of rotatable bonds is 9. The molecule has 0 saturated carbocycles. The second kappa shape index (κ2) is 14.8. The molecular weight excluding hydrogens is 336 g/mol. The Labute approximate surface area is 177 Å². The molecule has 0 aliphatic rings. The van der Waals surface area contributed by atoms with Gasteiger partial charge in [0.2, 0.25) is 11.8 Å². The zero-order valence-electron chi connectivity index (χ0n) is 12.5. The van der Waals surface area contributed by atoms with E-state index in [1.165, 1.54) is 0 Å². The molecule has 0 heterocycles. The Balaban J connectivity index is -0.00000180. The Bertz CT molecular complexity index is 399. The minimum absolute atomic E-state index is 0. The number of carbonyl (C=O) groups excluding carboxylic acids is 4. The van der Waals surface area contributed by atoms with Crippen LogP contribution in [0.15, 0.2) is 0 Å². The smallest absolute Gasteiger partial charge is 0.550 e. The molecule has 0 fully saturated rings. The Morgan fingerprint density at radius 1 is 1.05 bits per heavy atom. The molecule has 0 aromatic heterocycles. The summed E-state index contributed by atoms with van der Waals surface area (Å²) in [6.07, 6.45) is -0.944. The van der Waals surface area contributed by atoms with E-state index >= 15 is 0 Å². The summed E-state index contributed by atoms with van der Waals surface area (Å²) in [7, 11) is 0. The van der Waals surface area contributed by atoms with E-state index in [0.29, 0.717) is 0 Å². The number of nitrogens with one attached hydrogen (secondary N) is 2. The number of aliphatic carboxylic acids is 2. The van der Waals surface area contributed by atoms with Crippen LogP contribution in [0.3, 0.4) is 0 Å². The van der Waals surface area contributed by atoms with Gasteiger partial charge in [0, 0.05) is 11.7 Å². The van der Waals surface area contributed by atoms with E-state index in [4.69, 9.17) is 5.73 Å². The third kappa shape index (κ3) is 11.7. The summed E-state index contributed by atoms with van der Waals surface area (Å²) < 4.78 is 0. The van der Waals surface area contributed by atoms with Gasteiger partial charge in [-0.25, -0.2) is 0 Å². The number of carbonyl (C=O) groups is 4. The summed E-state index contributed by atoms with van der Waals surface area (Å²) in [6.45, 7) is -0.341. The summed E-state index contributed by atoms with van der Waals surface area (Å²) in [5.74, 6) is -4.61. The van der Waals surface area contributed by atoms with Crippen LogP contribution in [-0.4, -0.2) is 48.1 Å². The van der Waals surface area contributed by atoms with Crippen LogP contribution in [0.25, 0.3) is 0 Å². The molecule has 2 amide bonds. The van der Waals surface area contributed by atoms with Gasteiger partial charge >= 0.3 is 59.1 Å². The van der Waals surface area contributed by atoms with Crippen molar-refractivity contribution in [2.45, 2.75) is 24.9 Å². The minimum Gasteiger partial charge on any atom is -0.550 e. The van der Waals surface area contributed by atoms with Gasteiger partial charge in [0.25, 0.3) is 0 Å². The predicted molar refractivity (Wildman–Crippen MR) is 66.0 cm³/mol. The number of amides is 2. The standard InChI is InChI=1S/C10H17N3O6S.2Na/c11-3-7(14)12-6(4-20)9(17)13-5(10(18)19)1-2-8(15)16;;/h5-6,20H,1-4,11H2,(H,12,14)(H,13,17)(H,15,16)(H,18,19);;/q;2*+1/p-2/t5-,6-;;/m0../s1. The van der Waals surface area contributed by atoms with Crippen molar-refractivity contribution in [2.75, 3.05) is 12.3 Å². The van der Waals surface area contributed by atoms with Crippen LogP contribution < -0.4 is 85.7 Å². The van der Waals surface area contributed by atoms with E-state index in [9.17, 15) is 29.4 Å². The van der Waals surface area contributed by atoms with Gasteiger partial charge in [-0.05, 0) is 12.8 Å². The first-order valence-electron chi connectivity index (χ1n) is 5.63. The van der Waals surface area contributed by atoms with Crippen LogP contribution in [-0.2, 0) is 19.2 Å². The molecule has 9 nitrogen and oxygen atoms in total. The number of hydrogen-bond donors (Lipinski definition) is 4. The minimum atomic E-state index is -1.64. The molecule has 0 aliphatic carbocycles. The average Bonchev–Trinajstić information content (AvgIpc) is 2.39. The maximum absolute atomic E-state index is 11.7. The van der Waals surface area contributed by atoms with Gasteiger partial charge in [-0.3, -0.25) is 9.59 Å². The SMILES string of the molecule is NCC(=O)N[C@@H](CS)C(=O)N[C@@H](CCC(=O)[O-])C(=O)[O-].[Na+].[Na+]. The Morgan fingerprint density at radius 2 is 1.59 bits per heavy atom. The number of carboxylic acids is 2. The second-order valence-electron chi connectivity index (χ2n) is 3.80. The maximum Gasteiger partial charge on any atom is 1.00 e. The van der Waals surface area contributed by atoms with Crippen molar-refractivity contribution >= 4 is 36.4 Å². The number of carboxylic acid groups (broad SMARTS) is 2. The molecule has 0 bridgehead atoms. The van der Waals surface area contributed by atoms with Crippen LogP contribution in [0, 0.1) is 0 Å². The summed E-state index contributed by atoms with van der Waals surface area (Å²) in [4.78, 5) is 43.8. The van der Waals surface area contributed by atoms with Crippen molar-refractivity contribution in [2.24, 2.45) is 5.73 Å². The van der Waals surface area contributed by atoms with Gasteiger partial charge in [-0.15, -0.1) is 0 Å². The molecule has 22 heavy (non-hydrogen) atoms. The third-order valence-corrected chi connectivity index (χ3v) is 2.62. The summed E-state index contributed by atoms with van der Waals surface area (Å²) >= 11 is 3.84. The predicted octanol–water partition coefficient (Wildman–Crippen LogP) is -10.9. The largest absolute Gasteiger partial charge is 1.00 e. The fourth-order valence-corrected chi connectivity index (χ4v) is 1.49. The molecule has 4 N–H and O–H groups in total. The monoisotopic (exact) mass is 351 g/mol. The van der Waals surface area contributed by atoms with Crippen LogP contribution in [0.1, 0.15) is 12.8 Å². The molecule has 0 rings (SSSR count). The van der Waals surface area contributed by atoms with E-state index in [2.05, 4.69) is 23.3 Å². The van der Waals surface area contributed by atoms with Crippen molar-refractivity contribution in [3.8, 4) is 0 Å².